The van der Waals surface area contributed by atoms with E-state index >= 15 is 0 Å². The normalized spacial score (nSPS) is 15.1. The van der Waals surface area contributed by atoms with Gasteiger partial charge in [-0.1, -0.05) is 30.3 Å². The van der Waals surface area contributed by atoms with Gasteiger partial charge in [-0.05, 0) is 47.2 Å². The van der Waals surface area contributed by atoms with Crippen molar-refractivity contribution in [3.05, 3.63) is 53.6 Å². The van der Waals surface area contributed by atoms with Gasteiger partial charge in [-0.3, -0.25) is 14.5 Å². The molecule has 0 spiro atoms. The van der Waals surface area contributed by atoms with E-state index in [1.165, 1.54) is 32.1 Å². The van der Waals surface area contributed by atoms with E-state index in [9.17, 15) is 14.4 Å². The molecule has 1 saturated heterocycles. The number of carbonyl (C=O) groups is 3. The summed E-state index contributed by atoms with van der Waals surface area (Å²) in [5.41, 5.74) is 5.78. The van der Waals surface area contributed by atoms with Crippen molar-refractivity contribution in [1.29, 1.82) is 0 Å². The molecule has 1 aliphatic heterocycles. The molecule has 0 saturated carbocycles. The molecule has 0 unspecified atom stereocenters. The summed E-state index contributed by atoms with van der Waals surface area (Å²) in [5, 5.41) is 2.92. The van der Waals surface area contributed by atoms with E-state index in [2.05, 4.69) is 17.4 Å². The van der Waals surface area contributed by atoms with Gasteiger partial charge in [0.15, 0.2) is 0 Å². The van der Waals surface area contributed by atoms with Crippen LogP contribution in [0.15, 0.2) is 42.5 Å². The number of urea groups is 1. The molecule has 27 heavy (non-hydrogen) atoms. The Bertz CT molecular complexity index is 938. The summed E-state index contributed by atoms with van der Waals surface area (Å²) in [6, 6.07) is 14.0. The van der Waals surface area contributed by atoms with E-state index in [4.69, 9.17) is 0 Å². The molecule has 1 fully saturated rings. The summed E-state index contributed by atoms with van der Waals surface area (Å²) < 4.78 is 0. The van der Waals surface area contributed by atoms with Crippen molar-refractivity contribution >= 4 is 23.5 Å². The zero-order valence-electron chi connectivity index (χ0n) is 15.2. The average molecular weight is 363 g/mol. The van der Waals surface area contributed by atoms with Gasteiger partial charge in [-0.2, -0.15) is 0 Å². The first kappa shape index (κ1) is 17.3. The molecular weight excluding hydrogens is 342 g/mol. The van der Waals surface area contributed by atoms with Gasteiger partial charge in [0.05, 0.1) is 0 Å². The summed E-state index contributed by atoms with van der Waals surface area (Å²) in [4.78, 5) is 38.4. The predicted molar refractivity (Wildman–Crippen MR) is 102 cm³/mol. The van der Waals surface area contributed by atoms with Gasteiger partial charge >= 0.3 is 6.03 Å². The minimum atomic E-state index is -0.293. The fourth-order valence-corrected chi connectivity index (χ4v) is 3.73. The molecule has 2 aromatic rings. The van der Waals surface area contributed by atoms with Crippen molar-refractivity contribution in [3.8, 4) is 11.1 Å². The SMILES string of the molecule is CN1CC(=O)N(CCCC(=O)Nc2ccc3c(c2)Cc2ccccc2-3)C1=O. The quantitative estimate of drug-likeness (QED) is 0.709. The lowest BCUT2D eigenvalue weighted by atomic mass is 10.1. The van der Waals surface area contributed by atoms with Gasteiger partial charge < -0.3 is 10.2 Å². The number of fused-ring (bicyclic) bond motifs is 3. The number of hydrogen-bond donors (Lipinski definition) is 1. The molecule has 4 amide bonds. The Morgan fingerprint density at radius 2 is 1.85 bits per heavy atom. The van der Waals surface area contributed by atoms with Crippen LogP contribution < -0.4 is 5.32 Å². The number of likely N-dealkylation sites (N-methyl/N-ethyl adjacent to an activating group) is 1. The standard InChI is InChI=1S/C21H21N3O3/c1-23-13-20(26)24(21(23)27)10-4-7-19(25)22-16-8-9-18-15(12-16)11-14-5-2-3-6-17(14)18/h2-3,5-6,8-9,12H,4,7,10-11,13H2,1H3,(H,22,25). The number of nitrogens with zero attached hydrogens (tertiary/aromatic N) is 2. The Morgan fingerprint density at radius 3 is 2.63 bits per heavy atom. The summed E-state index contributed by atoms with van der Waals surface area (Å²) >= 11 is 0. The van der Waals surface area contributed by atoms with Crippen LogP contribution in [0.3, 0.4) is 0 Å². The van der Waals surface area contributed by atoms with Gasteiger partial charge in [0, 0.05) is 25.7 Å². The summed E-state index contributed by atoms with van der Waals surface area (Å²) in [7, 11) is 1.60. The Balaban J connectivity index is 1.32. The first-order valence-corrected chi connectivity index (χ1v) is 9.09. The van der Waals surface area contributed by atoms with Crippen LogP contribution in [0, 0.1) is 0 Å². The molecule has 0 radical (unpaired) electrons. The minimum absolute atomic E-state index is 0.113. The van der Waals surface area contributed by atoms with Gasteiger partial charge in [-0.15, -0.1) is 0 Å². The highest BCUT2D eigenvalue weighted by Crippen LogP contribution is 2.37. The first-order chi connectivity index (χ1) is 13.0. The molecular formula is C21H21N3O3. The maximum Gasteiger partial charge on any atom is 0.326 e. The molecule has 1 heterocycles. The molecule has 138 valence electrons. The molecule has 6 nitrogen and oxygen atoms in total. The Kier molecular flexibility index (Phi) is 4.39. The lowest BCUT2D eigenvalue weighted by molar-refractivity contribution is -0.125. The molecule has 2 aromatic carbocycles. The number of anilines is 1. The van der Waals surface area contributed by atoms with E-state index in [1.54, 1.807) is 7.05 Å². The minimum Gasteiger partial charge on any atom is -0.326 e. The van der Waals surface area contributed by atoms with Crippen molar-refractivity contribution in [2.24, 2.45) is 0 Å². The van der Waals surface area contributed by atoms with Crippen LogP contribution in [-0.2, 0) is 16.0 Å². The molecule has 2 aliphatic rings. The zero-order chi connectivity index (χ0) is 19.0. The average Bonchev–Trinajstić information content (AvgIpc) is 3.13. The van der Waals surface area contributed by atoms with Crippen LogP contribution in [0.25, 0.3) is 11.1 Å². The van der Waals surface area contributed by atoms with Crippen LogP contribution in [0.2, 0.25) is 0 Å². The highest BCUT2D eigenvalue weighted by Gasteiger charge is 2.32. The highest BCUT2D eigenvalue weighted by molar-refractivity contribution is 6.01. The van der Waals surface area contributed by atoms with E-state index in [0.717, 1.165) is 12.1 Å². The van der Waals surface area contributed by atoms with Gasteiger partial charge in [0.2, 0.25) is 11.8 Å². The second kappa shape index (κ2) is 6.87. The largest absolute Gasteiger partial charge is 0.326 e. The fraction of sp³-hybridized carbons (Fsp3) is 0.286. The Labute approximate surface area is 157 Å². The summed E-state index contributed by atoms with van der Waals surface area (Å²) in [5.74, 6) is -0.320. The molecule has 6 heteroatoms. The number of amides is 4. The number of nitrogens with one attached hydrogen (secondary N) is 1. The third kappa shape index (κ3) is 3.30. The second-order valence-electron chi connectivity index (χ2n) is 7.04. The van der Waals surface area contributed by atoms with Crippen LogP contribution in [0.1, 0.15) is 24.0 Å². The fourth-order valence-electron chi connectivity index (χ4n) is 3.73. The van der Waals surface area contributed by atoms with E-state index in [1.807, 2.05) is 30.3 Å². The Hall–Kier alpha value is -3.15. The van der Waals surface area contributed by atoms with Crippen molar-refractivity contribution in [1.82, 2.24) is 9.80 Å². The van der Waals surface area contributed by atoms with Crippen molar-refractivity contribution in [2.75, 3.05) is 25.5 Å². The van der Waals surface area contributed by atoms with Gasteiger partial charge in [-0.25, -0.2) is 4.79 Å². The lowest BCUT2D eigenvalue weighted by Crippen LogP contribution is -2.32. The molecule has 4 rings (SSSR count). The van der Waals surface area contributed by atoms with Crippen LogP contribution >= 0.6 is 0 Å². The van der Waals surface area contributed by atoms with Crippen LogP contribution in [0.4, 0.5) is 10.5 Å². The van der Waals surface area contributed by atoms with Crippen molar-refractivity contribution < 1.29 is 14.4 Å². The van der Waals surface area contributed by atoms with Crippen LogP contribution in [0.5, 0.6) is 0 Å². The summed E-state index contributed by atoms with van der Waals surface area (Å²) in [6.45, 7) is 0.386. The van der Waals surface area contributed by atoms with E-state index in [-0.39, 0.29) is 37.4 Å². The van der Waals surface area contributed by atoms with Crippen molar-refractivity contribution in [3.63, 3.8) is 0 Å². The molecule has 1 N–H and O–H groups in total. The maximum absolute atomic E-state index is 12.2. The van der Waals surface area contributed by atoms with Crippen LogP contribution in [-0.4, -0.2) is 47.8 Å². The topological polar surface area (TPSA) is 69.7 Å². The van der Waals surface area contributed by atoms with E-state index < -0.39 is 0 Å². The third-order valence-corrected chi connectivity index (χ3v) is 5.09. The third-order valence-electron chi connectivity index (χ3n) is 5.09. The highest BCUT2D eigenvalue weighted by atomic mass is 16.2. The number of hydrogen-bond acceptors (Lipinski definition) is 3. The number of benzene rings is 2. The Morgan fingerprint density at radius 1 is 1.07 bits per heavy atom. The molecule has 0 bridgehead atoms. The number of imide groups is 1. The number of rotatable bonds is 5. The monoisotopic (exact) mass is 363 g/mol. The second-order valence-corrected chi connectivity index (χ2v) is 7.04. The van der Waals surface area contributed by atoms with Crippen molar-refractivity contribution in [2.45, 2.75) is 19.3 Å². The maximum atomic E-state index is 12.2. The first-order valence-electron chi connectivity index (χ1n) is 9.09. The number of carbonyl (C=O) groups excluding carboxylic acids is 3. The molecule has 1 aliphatic carbocycles. The van der Waals surface area contributed by atoms with Gasteiger partial charge in [0.1, 0.15) is 6.54 Å². The van der Waals surface area contributed by atoms with E-state index in [0.29, 0.717) is 6.42 Å². The smallest absolute Gasteiger partial charge is 0.326 e. The molecule has 0 aromatic heterocycles. The molecule has 0 atom stereocenters. The van der Waals surface area contributed by atoms with Gasteiger partial charge in [0.25, 0.3) is 0 Å². The lowest BCUT2D eigenvalue weighted by Gasteiger charge is -2.13. The predicted octanol–water partition coefficient (Wildman–Crippen LogP) is 2.87. The summed E-state index contributed by atoms with van der Waals surface area (Å²) in [6.07, 6.45) is 1.59. The zero-order valence-corrected chi connectivity index (χ0v) is 15.2.